The quantitative estimate of drug-likeness (QED) is 0.437. The Labute approximate surface area is 88.7 Å². The highest BCUT2D eigenvalue weighted by Crippen LogP contribution is 2.20. The molecule has 1 saturated heterocycles. The summed E-state index contributed by atoms with van der Waals surface area (Å²) in [5.41, 5.74) is 16.5. The van der Waals surface area contributed by atoms with E-state index in [0.717, 1.165) is 4.90 Å². The van der Waals surface area contributed by atoms with Crippen LogP contribution in [0.3, 0.4) is 0 Å². The topological polar surface area (TPSA) is 138 Å². The van der Waals surface area contributed by atoms with Gasteiger partial charge in [0.25, 0.3) is 0 Å². The number of piperidine rings is 1. The van der Waals surface area contributed by atoms with E-state index < -0.39 is 30.9 Å². The molecule has 0 aromatic heterocycles. The first-order chi connectivity index (χ1) is 7.60. The number of hydrogen-bond donors (Lipinski definition) is 1. The van der Waals surface area contributed by atoms with Crippen molar-refractivity contribution in [3.05, 3.63) is 20.9 Å². The molecular formula is C6H8FN7O2. The van der Waals surface area contributed by atoms with E-state index in [1.807, 2.05) is 0 Å². The number of rotatable bonds is 2. The first kappa shape index (κ1) is 11.9. The Kier molecular flexibility index (Phi) is 3.76. The van der Waals surface area contributed by atoms with Gasteiger partial charge in [0.2, 0.25) is 0 Å². The van der Waals surface area contributed by atoms with Crippen LogP contribution < -0.4 is 0 Å². The fourth-order valence-electron chi connectivity index (χ4n) is 1.50. The van der Waals surface area contributed by atoms with Gasteiger partial charge in [-0.05, 0) is 11.1 Å². The van der Waals surface area contributed by atoms with E-state index in [9.17, 15) is 9.18 Å². The van der Waals surface area contributed by atoms with Crippen LogP contribution in [-0.4, -0.2) is 47.4 Å². The smallest absolute Gasteiger partial charge is 0.407 e. The number of hydrogen-bond acceptors (Lipinski definition) is 3. The van der Waals surface area contributed by atoms with Gasteiger partial charge in [-0.25, -0.2) is 9.18 Å². The first-order valence-corrected chi connectivity index (χ1v) is 4.30. The van der Waals surface area contributed by atoms with Gasteiger partial charge in [0.1, 0.15) is 6.17 Å². The van der Waals surface area contributed by atoms with Crippen molar-refractivity contribution in [2.75, 3.05) is 13.1 Å². The van der Waals surface area contributed by atoms with Crippen molar-refractivity contribution in [3.8, 4) is 0 Å². The van der Waals surface area contributed by atoms with Crippen LogP contribution in [0.1, 0.15) is 0 Å². The number of carboxylic acid groups (broad SMARTS) is 1. The summed E-state index contributed by atoms with van der Waals surface area (Å²) >= 11 is 0. The third-order valence-electron chi connectivity index (χ3n) is 2.22. The number of likely N-dealkylation sites (tertiary alicyclic amines) is 1. The molecule has 1 aliphatic heterocycles. The van der Waals surface area contributed by atoms with Gasteiger partial charge in [-0.1, -0.05) is 10.2 Å². The Morgan fingerprint density at radius 3 is 2.50 bits per heavy atom. The molecule has 1 N–H and O–H groups in total. The van der Waals surface area contributed by atoms with Crippen LogP contribution in [-0.2, 0) is 0 Å². The Morgan fingerprint density at radius 2 is 2.00 bits per heavy atom. The van der Waals surface area contributed by atoms with Gasteiger partial charge >= 0.3 is 6.09 Å². The van der Waals surface area contributed by atoms with Crippen LogP contribution in [0.4, 0.5) is 9.18 Å². The van der Waals surface area contributed by atoms with Gasteiger partial charge in [-0.15, -0.1) is 0 Å². The van der Waals surface area contributed by atoms with Crippen molar-refractivity contribution < 1.29 is 14.3 Å². The molecule has 16 heavy (non-hydrogen) atoms. The molecule has 9 nitrogen and oxygen atoms in total. The van der Waals surface area contributed by atoms with Gasteiger partial charge in [0.05, 0.1) is 18.6 Å². The molecule has 1 amide bonds. The van der Waals surface area contributed by atoms with Gasteiger partial charge in [0, 0.05) is 16.4 Å². The summed E-state index contributed by atoms with van der Waals surface area (Å²) in [7, 11) is 0. The molecule has 0 saturated carbocycles. The predicted molar refractivity (Wildman–Crippen MR) is 50.4 cm³/mol. The number of alkyl halides is 1. The fraction of sp³-hybridized carbons (Fsp3) is 0.833. The standard InChI is InChI=1S/C6H8FN7O2/c7-3-1-14(6(15)16)2-4(10-12-8)5(3)11-13-9/h3-5H,1-2H2,(H,15,16)/t3-,4-,5+/m1/s1. The lowest BCUT2D eigenvalue weighted by Crippen LogP contribution is -2.53. The van der Waals surface area contributed by atoms with Crippen molar-refractivity contribution in [1.82, 2.24) is 4.90 Å². The molecule has 0 aromatic rings. The SMILES string of the molecule is [N-]=[N+]=N[C@H]1[C@H](F)CN(C(=O)O)C[C@H]1N=[N+]=[N-]. The molecule has 1 rings (SSSR count). The number of carbonyl (C=O) groups is 1. The lowest BCUT2D eigenvalue weighted by molar-refractivity contribution is 0.0882. The van der Waals surface area contributed by atoms with Crippen LogP contribution >= 0.6 is 0 Å². The van der Waals surface area contributed by atoms with E-state index >= 15 is 0 Å². The van der Waals surface area contributed by atoms with E-state index in [1.54, 1.807) is 0 Å². The van der Waals surface area contributed by atoms with Crippen LogP contribution in [0.15, 0.2) is 10.2 Å². The van der Waals surface area contributed by atoms with Crippen LogP contribution in [0.25, 0.3) is 20.9 Å². The molecule has 3 atom stereocenters. The molecule has 0 radical (unpaired) electrons. The molecular weight excluding hydrogens is 221 g/mol. The fourth-order valence-corrected chi connectivity index (χ4v) is 1.50. The summed E-state index contributed by atoms with van der Waals surface area (Å²) in [6, 6.07) is -2.17. The molecule has 1 heterocycles. The molecule has 1 aliphatic rings. The highest BCUT2D eigenvalue weighted by Gasteiger charge is 2.37. The maximum absolute atomic E-state index is 13.5. The normalized spacial score (nSPS) is 28.8. The van der Waals surface area contributed by atoms with Crippen LogP contribution in [0.5, 0.6) is 0 Å². The van der Waals surface area contributed by atoms with Crippen molar-refractivity contribution in [3.63, 3.8) is 0 Å². The third-order valence-corrected chi connectivity index (χ3v) is 2.22. The predicted octanol–water partition coefficient (Wildman–Crippen LogP) is 1.68. The van der Waals surface area contributed by atoms with E-state index in [2.05, 4.69) is 20.1 Å². The number of nitrogens with zero attached hydrogens (tertiary/aromatic N) is 7. The summed E-state index contributed by atoms with van der Waals surface area (Å²) < 4.78 is 13.5. The summed E-state index contributed by atoms with van der Waals surface area (Å²) in [6.45, 7) is -0.569. The van der Waals surface area contributed by atoms with E-state index in [4.69, 9.17) is 16.2 Å². The van der Waals surface area contributed by atoms with Crippen LogP contribution in [0, 0.1) is 0 Å². The van der Waals surface area contributed by atoms with Crippen molar-refractivity contribution in [1.29, 1.82) is 0 Å². The zero-order chi connectivity index (χ0) is 12.1. The van der Waals surface area contributed by atoms with Crippen molar-refractivity contribution >= 4 is 6.09 Å². The largest absolute Gasteiger partial charge is 0.465 e. The zero-order valence-electron chi connectivity index (χ0n) is 8.01. The minimum Gasteiger partial charge on any atom is -0.465 e. The highest BCUT2D eigenvalue weighted by molar-refractivity contribution is 5.65. The third kappa shape index (κ3) is 2.44. The number of azide groups is 2. The first-order valence-electron chi connectivity index (χ1n) is 4.30. The second-order valence-electron chi connectivity index (χ2n) is 3.17. The molecule has 0 spiro atoms. The minimum absolute atomic E-state index is 0.177. The Bertz CT molecular complexity index is 375. The lowest BCUT2D eigenvalue weighted by atomic mass is 9.99. The van der Waals surface area contributed by atoms with Crippen molar-refractivity contribution in [2.45, 2.75) is 18.3 Å². The monoisotopic (exact) mass is 229 g/mol. The van der Waals surface area contributed by atoms with E-state index in [1.165, 1.54) is 0 Å². The van der Waals surface area contributed by atoms with E-state index in [0.29, 0.717) is 0 Å². The molecule has 10 heteroatoms. The van der Waals surface area contributed by atoms with Gasteiger partial charge in [-0.3, -0.25) is 0 Å². The molecule has 1 fully saturated rings. The van der Waals surface area contributed by atoms with E-state index in [-0.39, 0.29) is 6.54 Å². The van der Waals surface area contributed by atoms with Crippen molar-refractivity contribution in [2.24, 2.45) is 10.2 Å². The van der Waals surface area contributed by atoms with Gasteiger partial charge in [-0.2, -0.15) is 0 Å². The maximum atomic E-state index is 13.5. The second-order valence-corrected chi connectivity index (χ2v) is 3.17. The molecule has 0 bridgehead atoms. The Hall–Kier alpha value is -2.18. The summed E-state index contributed by atoms with van der Waals surface area (Å²) in [5, 5.41) is 15.1. The number of amides is 1. The Morgan fingerprint density at radius 1 is 1.38 bits per heavy atom. The average molecular weight is 229 g/mol. The number of halogens is 1. The molecule has 0 aromatic carbocycles. The summed E-state index contributed by atoms with van der Waals surface area (Å²) in [6.07, 6.45) is -2.98. The summed E-state index contributed by atoms with van der Waals surface area (Å²) in [4.78, 5) is 16.3. The second kappa shape index (κ2) is 5.06. The molecule has 0 aliphatic carbocycles. The highest BCUT2D eigenvalue weighted by atomic mass is 19.1. The molecule has 0 unspecified atom stereocenters. The zero-order valence-corrected chi connectivity index (χ0v) is 8.01. The van der Waals surface area contributed by atoms with Crippen LogP contribution in [0.2, 0.25) is 0 Å². The lowest BCUT2D eigenvalue weighted by Gasteiger charge is -2.34. The maximum Gasteiger partial charge on any atom is 0.407 e. The van der Waals surface area contributed by atoms with Gasteiger partial charge < -0.3 is 10.0 Å². The summed E-state index contributed by atoms with van der Waals surface area (Å²) in [5.74, 6) is 0. The average Bonchev–Trinajstić information content (AvgIpc) is 2.23. The minimum atomic E-state index is -1.67. The van der Waals surface area contributed by atoms with Gasteiger partial charge in [0.15, 0.2) is 0 Å². The molecule has 86 valence electrons. The Balaban J connectivity index is 2.92.